The Morgan fingerprint density at radius 3 is 2.57 bits per heavy atom. The second-order valence-electron chi connectivity index (χ2n) is 3.27. The minimum Gasteiger partial charge on any atom is -0.319 e. The molecule has 0 aliphatic heterocycles. The molecule has 0 radical (unpaired) electrons. The van der Waals surface area contributed by atoms with E-state index in [0.29, 0.717) is 6.54 Å². The molecule has 0 bridgehead atoms. The van der Waals surface area contributed by atoms with Crippen LogP contribution >= 0.6 is 0 Å². The summed E-state index contributed by atoms with van der Waals surface area (Å²) in [5, 5.41) is 0. The predicted octanol–water partition coefficient (Wildman–Crippen LogP) is 2.22. The molecule has 0 aliphatic carbocycles. The monoisotopic (exact) mass is 189 g/mol. The molecule has 0 unspecified atom stereocenters. The van der Waals surface area contributed by atoms with Crippen molar-refractivity contribution in [3.8, 4) is 0 Å². The van der Waals surface area contributed by atoms with Crippen LogP contribution in [0.5, 0.6) is 0 Å². The van der Waals surface area contributed by atoms with Crippen molar-refractivity contribution < 1.29 is 4.79 Å². The maximum absolute atomic E-state index is 10.6. The maximum atomic E-state index is 10.6. The number of carbonyl (C=O) groups excluding carboxylic acids is 1. The molecule has 1 aromatic carbocycles. The summed E-state index contributed by atoms with van der Waals surface area (Å²) in [7, 11) is 0. The van der Waals surface area contributed by atoms with Crippen molar-refractivity contribution in [1.82, 2.24) is 4.90 Å². The highest BCUT2D eigenvalue weighted by Gasteiger charge is 2.01. The molecule has 0 atom stereocenters. The van der Waals surface area contributed by atoms with Gasteiger partial charge in [0.15, 0.2) is 0 Å². The highest BCUT2D eigenvalue weighted by atomic mass is 16.1. The van der Waals surface area contributed by atoms with Crippen LogP contribution in [0.1, 0.15) is 12.5 Å². The Hall–Kier alpha value is -1.57. The second-order valence-corrected chi connectivity index (χ2v) is 3.27. The van der Waals surface area contributed by atoms with Gasteiger partial charge in [-0.05, 0) is 18.9 Å². The van der Waals surface area contributed by atoms with Crippen molar-refractivity contribution in [2.75, 3.05) is 6.54 Å². The van der Waals surface area contributed by atoms with Crippen molar-refractivity contribution in [3.05, 3.63) is 48.2 Å². The lowest BCUT2D eigenvalue weighted by atomic mass is 10.1. The Kier molecular flexibility index (Phi) is 3.92. The smallest absolute Gasteiger partial charge is 0.213 e. The van der Waals surface area contributed by atoms with Gasteiger partial charge >= 0.3 is 0 Å². The summed E-state index contributed by atoms with van der Waals surface area (Å²) < 4.78 is 0. The zero-order valence-electron chi connectivity index (χ0n) is 8.44. The SMILES string of the molecule is C=C(C)N(C=O)CCc1ccccc1. The summed E-state index contributed by atoms with van der Waals surface area (Å²) >= 11 is 0. The quantitative estimate of drug-likeness (QED) is 0.650. The molecule has 1 aromatic rings. The van der Waals surface area contributed by atoms with E-state index in [1.54, 1.807) is 4.90 Å². The first kappa shape index (κ1) is 10.5. The van der Waals surface area contributed by atoms with Crippen LogP contribution in [0.2, 0.25) is 0 Å². The molecule has 0 aliphatic rings. The zero-order valence-corrected chi connectivity index (χ0v) is 8.44. The minimum atomic E-state index is 0.697. The van der Waals surface area contributed by atoms with Gasteiger partial charge in [0.1, 0.15) is 0 Å². The van der Waals surface area contributed by atoms with Gasteiger partial charge < -0.3 is 4.90 Å². The molecule has 0 heterocycles. The summed E-state index contributed by atoms with van der Waals surface area (Å²) in [6.45, 7) is 6.26. The molecule has 1 rings (SSSR count). The van der Waals surface area contributed by atoms with E-state index in [4.69, 9.17) is 0 Å². The second kappa shape index (κ2) is 5.22. The van der Waals surface area contributed by atoms with Crippen molar-refractivity contribution >= 4 is 6.41 Å². The topological polar surface area (TPSA) is 20.3 Å². The van der Waals surface area contributed by atoms with Crippen molar-refractivity contribution in [1.29, 1.82) is 0 Å². The molecule has 0 saturated carbocycles. The fourth-order valence-corrected chi connectivity index (χ4v) is 1.23. The molecule has 14 heavy (non-hydrogen) atoms. The van der Waals surface area contributed by atoms with Gasteiger partial charge in [0, 0.05) is 12.2 Å². The summed E-state index contributed by atoms with van der Waals surface area (Å²) in [6.07, 6.45) is 1.69. The Balaban J connectivity index is 2.47. The normalized spacial score (nSPS) is 9.50. The fraction of sp³-hybridized carbons (Fsp3) is 0.250. The summed E-state index contributed by atoms with van der Waals surface area (Å²) in [5.74, 6) is 0. The summed E-state index contributed by atoms with van der Waals surface area (Å²) in [6, 6.07) is 10.1. The number of hydrogen-bond acceptors (Lipinski definition) is 1. The average Bonchev–Trinajstić information content (AvgIpc) is 2.20. The van der Waals surface area contributed by atoms with Gasteiger partial charge in [-0.25, -0.2) is 0 Å². The van der Waals surface area contributed by atoms with Gasteiger partial charge in [0.2, 0.25) is 6.41 Å². The van der Waals surface area contributed by atoms with E-state index < -0.39 is 0 Å². The lowest BCUT2D eigenvalue weighted by molar-refractivity contribution is -0.116. The van der Waals surface area contributed by atoms with E-state index in [1.165, 1.54) is 5.56 Å². The predicted molar refractivity (Wildman–Crippen MR) is 57.7 cm³/mol. The standard InChI is InChI=1S/C12H15NO/c1-11(2)13(10-14)9-8-12-6-4-3-5-7-12/h3-7,10H,1,8-9H2,2H3. The third kappa shape index (κ3) is 3.05. The lowest BCUT2D eigenvalue weighted by Gasteiger charge is -2.16. The van der Waals surface area contributed by atoms with Gasteiger partial charge in [0.25, 0.3) is 0 Å². The molecular formula is C12H15NO. The van der Waals surface area contributed by atoms with Crippen LogP contribution in [0.25, 0.3) is 0 Å². The van der Waals surface area contributed by atoms with Crippen LogP contribution in [0.3, 0.4) is 0 Å². The number of benzene rings is 1. The number of rotatable bonds is 5. The molecule has 74 valence electrons. The number of nitrogens with zero attached hydrogens (tertiary/aromatic N) is 1. The highest BCUT2D eigenvalue weighted by Crippen LogP contribution is 2.03. The van der Waals surface area contributed by atoms with E-state index >= 15 is 0 Å². The lowest BCUT2D eigenvalue weighted by Crippen LogP contribution is -2.21. The van der Waals surface area contributed by atoms with Crippen molar-refractivity contribution in [2.45, 2.75) is 13.3 Å². The molecule has 2 heteroatoms. The Morgan fingerprint density at radius 1 is 1.43 bits per heavy atom. The molecular weight excluding hydrogens is 174 g/mol. The molecule has 0 saturated heterocycles. The van der Waals surface area contributed by atoms with Gasteiger partial charge in [-0.3, -0.25) is 4.79 Å². The van der Waals surface area contributed by atoms with Crippen LogP contribution in [0.4, 0.5) is 0 Å². The van der Waals surface area contributed by atoms with Gasteiger partial charge in [-0.15, -0.1) is 0 Å². The van der Waals surface area contributed by atoms with E-state index in [2.05, 4.69) is 18.7 Å². The average molecular weight is 189 g/mol. The molecule has 0 spiro atoms. The number of carbonyl (C=O) groups is 1. The first-order valence-corrected chi connectivity index (χ1v) is 4.65. The first-order valence-electron chi connectivity index (χ1n) is 4.65. The van der Waals surface area contributed by atoms with Gasteiger partial charge in [-0.1, -0.05) is 36.9 Å². The van der Waals surface area contributed by atoms with E-state index in [-0.39, 0.29) is 0 Å². The van der Waals surface area contributed by atoms with Crippen LogP contribution in [-0.4, -0.2) is 17.9 Å². The van der Waals surface area contributed by atoms with E-state index in [1.807, 2.05) is 25.1 Å². The summed E-state index contributed by atoms with van der Waals surface area (Å²) in [4.78, 5) is 12.3. The fourth-order valence-electron chi connectivity index (χ4n) is 1.23. The van der Waals surface area contributed by atoms with Crippen LogP contribution in [-0.2, 0) is 11.2 Å². The van der Waals surface area contributed by atoms with Crippen LogP contribution in [0, 0.1) is 0 Å². The molecule has 0 aromatic heterocycles. The largest absolute Gasteiger partial charge is 0.319 e. The van der Waals surface area contributed by atoms with Crippen molar-refractivity contribution in [3.63, 3.8) is 0 Å². The van der Waals surface area contributed by atoms with Gasteiger partial charge in [-0.2, -0.15) is 0 Å². The van der Waals surface area contributed by atoms with Crippen LogP contribution in [0.15, 0.2) is 42.6 Å². The minimum absolute atomic E-state index is 0.697. The number of allylic oxidation sites excluding steroid dienone is 1. The number of hydrogen-bond donors (Lipinski definition) is 0. The van der Waals surface area contributed by atoms with Crippen molar-refractivity contribution in [2.24, 2.45) is 0 Å². The van der Waals surface area contributed by atoms with Gasteiger partial charge in [0.05, 0.1) is 0 Å². The third-order valence-electron chi connectivity index (χ3n) is 2.10. The number of amides is 1. The van der Waals surface area contributed by atoms with E-state index in [9.17, 15) is 4.79 Å². The Morgan fingerprint density at radius 2 is 2.07 bits per heavy atom. The maximum Gasteiger partial charge on any atom is 0.213 e. The summed E-state index contributed by atoms with van der Waals surface area (Å²) in [5.41, 5.74) is 2.02. The van der Waals surface area contributed by atoms with E-state index in [0.717, 1.165) is 18.5 Å². The Bertz CT molecular complexity index is 305. The zero-order chi connectivity index (χ0) is 10.4. The highest BCUT2D eigenvalue weighted by molar-refractivity contribution is 5.50. The molecule has 1 amide bonds. The molecule has 0 N–H and O–H groups in total. The first-order chi connectivity index (χ1) is 6.74. The third-order valence-corrected chi connectivity index (χ3v) is 2.10. The molecule has 2 nitrogen and oxygen atoms in total. The van der Waals surface area contributed by atoms with Crippen LogP contribution < -0.4 is 0 Å². The molecule has 0 fully saturated rings. The Labute approximate surface area is 84.9 Å².